The van der Waals surface area contributed by atoms with Gasteiger partial charge in [0.25, 0.3) is 0 Å². The van der Waals surface area contributed by atoms with Gasteiger partial charge >= 0.3 is 6.03 Å². The van der Waals surface area contributed by atoms with E-state index in [2.05, 4.69) is 20.6 Å². The van der Waals surface area contributed by atoms with Gasteiger partial charge in [0.1, 0.15) is 0 Å². The summed E-state index contributed by atoms with van der Waals surface area (Å²) in [5.74, 6) is -0.124. The number of hydrogen-bond acceptors (Lipinski definition) is 3. The maximum Gasteiger partial charge on any atom is 0.323 e. The molecule has 0 spiro atoms. The van der Waals surface area contributed by atoms with E-state index < -0.39 is 6.03 Å². The number of carbonyl (C=O) groups is 1. The van der Waals surface area contributed by atoms with Crippen LogP contribution in [0.25, 0.3) is 0 Å². The Balaban J connectivity index is 0.00000312. The Morgan fingerprint density at radius 1 is 0.760 bits per heavy atom. The average molecular weight is 363 g/mol. The van der Waals surface area contributed by atoms with Crippen molar-refractivity contribution in [3.8, 4) is 0 Å². The summed E-state index contributed by atoms with van der Waals surface area (Å²) in [5.41, 5.74) is 23.4. The molecule has 0 bridgehead atoms. The summed E-state index contributed by atoms with van der Waals surface area (Å²) in [6.45, 7) is 0. The minimum atomic E-state index is -0.432. The van der Waals surface area contributed by atoms with Gasteiger partial charge in [-0.1, -0.05) is 12.1 Å². The Bertz CT molecular complexity index is 732. The SMILES string of the molecule is Cl.NC(N)=Nc1cccc(NC(=O)Nc2cccc(N=C(N)N)c2)c1. The standard InChI is InChI=1S/C15H18N8O.ClH/c16-13(17)20-9-3-1-5-11(7-9)22-15(24)23-12-6-2-4-10(8-12)21-14(18)19;/h1-8H,(H4,16,17,20)(H4,18,19,21)(H2,22,23,24);1H. The predicted octanol–water partition coefficient (Wildman–Crippen LogP) is 1.56. The highest BCUT2D eigenvalue weighted by Crippen LogP contribution is 2.20. The zero-order valence-corrected chi connectivity index (χ0v) is 14.0. The molecule has 0 aromatic heterocycles. The van der Waals surface area contributed by atoms with Crippen LogP contribution in [-0.4, -0.2) is 18.0 Å². The summed E-state index contributed by atoms with van der Waals surface area (Å²) in [6.07, 6.45) is 0. The Labute approximate surface area is 150 Å². The van der Waals surface area contributed by atoms with Crippen molar-refractivity contribution in [3.63, 3.8) is 0 Å². The van der Waals surface area contributed by atoms with E-state index in [4.69, 9.17) is 22.9 Å². The van der Waals surface area contributed by atoms with Crippen LogP contribution in [0.1, 0.15) is 0 Å². The van der Waals surface area contributed by atoms with Crippen LogP contribution in [0.4, 0.5) is 27.5 Å². The molecular weight excluding hydrogens is 344 g/mol. The zero-order valence-electron chi connectivity index (χ0n) is 13.1. The number of anilines is 2. The van der Waals surface area contributed by atoms with E-state index in [1.165, 1.54) is 0 Å². The number of halogens is 1. The maximum absolute atomic E-state index is 12.1. The highest BCUT2D eigenvalue weighted by molar-refractivity contribution is 6.00. The van der Waals surface area contributed by atoms with Crippen LogP contribution in [0.3, 0.4) is 0 Å². The molecule has 0 saturated carbocycles. The van der Waals surface area contributed by atoms with Crippen molar-refractivity contribution >= 4 is 53.1 Å². The fourth-order valence-electron chi connectivity index (χ4n) is 1.90. The largest absolute Gasteiger partial charge is 0.370 e. The van der Waals surface area contributed by atoms with Crippen LogP contribution in [-0.2, 0) is 0 Å². The topological polar surface area (TPSA) is 170 Å². The van der Waals surface area contributed by atoms with Gasteiger partial charge in [-0.3, -0.25) is 0 Å². The number of nitrogens with one attached hydrogen (secondary N) is 2. The third-order valence-corrected chi connectivity index (χ3v) is 2.72. The second kappa shape index (κ2) is 8.99. The van der Waals surface area contributed by atoms with Gasteiger partial charge in [-0.25, -0.2) is 14.8 Å². The fourth-order valence-corrected chi connectivity index (χ4v) is 1.90. The number of amides is 2. The van der Waals surface area contributed by atoms with Crippen molar-refractivity contribution in [1.82, 2.24) is 0 Å². The summed E-state index contributed by atoms with van der Waals surface area (Å²) in [6, 6.07) is 13.1. The number of nitrogens with zero attached hydrogens (tertiary/aromatic N) is 2. The van der Waals surface area contributed by atoms with Crippen LogP contribution < -0.4 is 33.6 Å². The van der Waals surface area contributed by atoms with Gasteiger partial charge in [0.15, 0.2) is 11.9 Å². The first kappa shape index (κ1) is 19.6. The lowest BCUT2D eigenvalue weighted by atomic mass is 10.2. The molecule has 0 fully saturated rings. The summed E-state index contributed by atoms with van der Waals surface area (Å²) >= 11 is 0. The van der Waals surface area contributed by atoms with Gasteiger partial charge in [-0.05, 0) is 36.4 Å². The average Bonchev–Trinajstić information content (AvgIpc) is 2.46. The lowest BCUT2D eigenvalue weighted by Crippen LogP contribution is -2.22. The second-order valence-electron chi connectivity index (χ2n) is 4.75. The van der Waals surface area contributed by atoms with Gasteiger partial charge in [-0.15, -0.1) is 12.4 Å². The molecule has 0 aliphatic heterocycles. The molecule has 2 rings (SSSR count). The lowest BCUT2D eigenvalue weighted by Gasteiger charge is -2.08. The van der Waals surface area contributed by atoms with Crippen LogP contribution in [0, 0.1) is 0 Å². The van der Waals surface area contributed by atoms with Crippen molar-refractivity contribution in [1.29, 1.82) is 0 Å². The zero-order chi connectivity index (χ0) is 17.5. The molecule has 9 nitrogen and oxygen atoms in total. The van der Waals surface area contributed by atoms with E-state index in [0.717, 1.165) is 0 Å². The van der Waals surface area contributed by atoms with Gasteiger partial charge in [0, 0.05) is 11.4 Å². The van der Waals surface area contributed by atoms with Gasteiger partial charge in [-0.2, -0.15) is 0 Å². The molecule has 10 N–H and O–H groups in total. The number of rotatable bonds is 4. The summed E-state index contributed by atoms with van der Waals surface area (Å²) < 4.78 is 0. The second-order valence-corrected chi connectivity index (χ2v) is 4.75. The summed E-state index contributed by atoms with van der Waals surface area (Å²) in [4.78, 5) is 19.9. The molecule has 132 valence electrons. The molecule has 0 atom stereocenters. The molecule has 10 heteroatoms. The lowest BCUT2D eigenvalue weighted by molar-refractivity contribution is 0.262. The van der Waals surface area contributed by atoms with Gasteiger partial charge < -0.3 is 33.6 Å². The Morgan fingerprint density at radius 2 is 1.16 bits per heavy atom. The van der Waals surface area contributed by atoms with E-state index in [-0.39, 0.29) is 24.3 Å². The van der Waals surface area contributed by atoms with E-state index in [1.54, 1.807) is 48.5 Å². The quantitative estimate of drug-likeness (QED) is 0.357. The van der Waals surface area contributed by atoms with Crippen molar-refractivity contribution in [2.24, 2.45) is 32.9 Å². The molecular formula is C15H19ClN8O. The molecule has 2 amide bonds. The predicted molar refractivity (Wildman–Crippen MR) is 104 cm³/mol. The fraction of sp³-hybridized carbons (Fsp3) is 0. The highest BCUT2D eigenvalue weighted by Gasteiger charge is 2.04. The third-order valence-electron chi connectivity index (χ3n) is 2.72. The number of urea groups is 1. The number of guanidine groups is 2. The van der Waals surface area contributed by atoms with Crippen molar-refractivity contribution in [2.45, 2.75) is 0 Å². The van der Waals surface area contributed by atoms with Gasteiger partial charge in [0.05, 0.1) is 11.4 Å². The van der Waals surface area contributed by atoms with Crippen LogP contribution in [0.15, 0.2) is 58.5 Å². The van der Waals surface area contributed by atoms with Crippen molar-refractivity contribution < 1.29 is 4.79 Å². The van der Waals surface area contributed by atoms with E-state index in [0.29, 0.717) is 22.7 Å². The molecule has 0 heterocycles. The number of hydrogen-bond donors (Lipinski definition) is 6. The normalized spacial score (nSPS) is 9.28. The monoisotopic (exact) mass is 362 g/mol. The Morgan fingerprint density at radius 3 is 1.52 bits per heavy atom. The minimum absolute atomic E-state index is 0. The maximum atomic E-state index is 12.1. The smallest absolute Gasteiger partial charge is 0.323 e. The van der Waals surface area contributed by atoms with E-state index in [1.807, 2.05) is 0 Å². The third kappa shape index (κ3) is 6.67. The molecule has 0 unspecified atom stereocenters. The Kier molecular flexibility index (Phi) is 7.04. The molecule has 0 aliphatic carbocycles. The molecule has 25 heavy (non-hydrogen) atoms. The number of aliphatic imine (C=N–C) groups is 2. The molecule has 2 aromatic rings. The summed E-state index contributed by atoms with van der Waals surface area (Å²) in [5, 5.41) is 5.36. The first-order valence-electron chi connectivity index (χ1n) is 6.90. The van der Waals surface area contributed by atoms with Crippen LogP contribution >= 0.6 is 12.4 Å². The highest BCUT2D eigenvalue weighted by atomic mass is 35.5. The summed E-state index contributed by atoms with van der Waals surface area (Å²) in [7, 11) is 0. The molecule has 0 saturated heterocycles. The first-order chi connectivity index (χ1) is 11.4. The van der Waals surface area contributed by atoms with Crippen LogP contribution in [0.2, 0.25) is 0 Å². The van der Waals surface area contributed by atoms with Crippen molar-refractivity contribution in [2.75, 3.05) is 10.6 Å². The van der Waals surface area contributed by atoms with E-state index in [9.17, 15) is 4.79 Å². The van der Waals surface area contributed by atoms with Crippen LogP contribution in [0.5, 0.6) is 0 Å². The van der Waals surface area contributed by atoms with E-state index >= 15 is 0 Å². The molecule has 0 aliphatic rings. The number of carbonyl (C=O) groups excluding carboxylic acids is 1. The number of nitrogens with two attached hydrogens (primary N) is 4. The number of benzene rings is 2. The van der Waals surface area contributed by atoms with Crippen molar-refractivity contribution in [3.05, 3.63) is 48.5 Å². The van der Waals surface area contributed by atoms with Gasteiger partial charge in [0.2, 0.25) is 0 Å². The molecule has 0 radical (unpaired) electrons. The molecule has 2 aromatic carbocycles. The Hall–Kier alpha value is -3.46. The first-order valence-corrected chi connectivity index (χ1v) is 6.90. The minimum Gasteiger partial charge on any atom is -0.370 e.